The maximum Gasteiger partial charge on any atom is 0.259 e. The number of aromatic hydroxyl groups is 1. The molecule has 0 saturated carbocycles. The molecule has 4 rings (SSSR count). The SMILES string of the molecule is O=C(Nc1ccnc(-c2cn(Cc3ccccc3)nn2)c1)c1cc(Cl)ccc1O. The van der Waals surface area contributed by atoms with Crippen LogP contribution in [0.3, 0.4) is 0 Å². The molecular formula is C21H16ClN5O2. The van der Waals surface area contributed by atoms with Gasteiger partial charge in [0.15, 0.2) is 0 Å². The van der Waals surface area contributed by atoms with Gasteiger partial charge in [-0.3, -0.25) is 9.78 Å². The number of carbonyl (C=O) groups is 1. The third-order valence-corrected chi connectivity index (χ3v) is 4.44. The zero-order valence-electron chi connectivity index (χ0n) is 15.2. The number of pyridine rings is 1. The summed E-state index contributed by atoms with van der Waals surface area (Å²) in [5, 5.41) is 21.3. The lowest BCUT2D eigenvalue weighted by molar-refractivity contribution is 0.102. The summed E-state index contributed by atoms with van der Waals surface area (Å²) in [5.41, 5.74) is 2.86. The molecule has 1 amide bonds. The molecule has 0 aliphatic rings. The summed E-state index contributed by atoms with van der Waals surface area (Å²) in [6, 6.07) is 17.6. The minimum absolute atomic E-state index is 0.0877. The van der Waals surface area contributed by atoms with Crippen LogP contribution < -0.4 is 5.32 Å². The highest BCUT2D eigenvalue weighted by Gasteiger charge is 2.13. The standard InChI is InChI=1S/C21H16ClN5O2/c22-15-6-7-20(28)17(10-15)21(29)24-16-8-9-23-18(11-16)19-13-27(26-25-19)12-14-4-2-1-3-5-14/h1-11,13,28H,12H2,(H,23,24,29). The van der Waals surface area contributed by atoms with Gasteiger partial charge in [-0.15, -0.1) is 5.10 Å². The van der Waals surface area contributed by atoms with E-state index in [1.54, 1.807) is 29.2 Å². The largest absolute Gasteiger partial charge is 0.507 e. The number of amides is 1. The van der Waals surface area contributed by atoms with E-state index in [9.17, 15) is 9.90 Å². The number of hydrogen-bond acceptors (Lipinski definition) is 5. The molecule has 8 heteroatoms. The van der Waals surface area contributed by atoms with Gasteiger partial charge in [0.05, 0.1) is 24.0 Å². The molecule has 4 aromatic rings. The summed E-state index contributed by atoms with van der Waals surface area (Å²) < 4.78 is 1.72. The molecule has 0 aliphatic carbocycles. The van der Waals surface area contributed by atoms with Crippen LogP contribution >= 0.6 is 11.6 Å². The van der Waals surface area contributed by atoms with Crippen molar-refractivity contribution in [1.82, 2.24) is 20.0 Å². The number of hydrogen-bond donors (Lipinski definition) is 2. The summed E-state index contributed by atoms with van der Waals surface area (Å²) in [7, 11) is 0. The van der Waals surface area contributed by atoms with Crippen molar-refractivity contribution in [2.75, 3.05) is 5.32 Å². The molecule has 0 saturated heterocycles. The molecule has 0 atom stereocenters. The van der Waals surface area contributed by atoms with Crippen molar-refractivity contribution in [2.45, 2.75) is 6.54 Å². The predicted molar refractivity (Wildman–Crippen MR) is 110 cm³/mol. The lowest BCUT2D eigenvalue weighted by atomic mass is 10.2. The van der Waals surface area contributed by atoms with Gasteiger partial charge in [0.1, 0.15) is 11.4 Å². The highest BCUT2D eigenvalue weighted by molar-refractivity contribution is 6.31. The number of phenols is 1. The monoisotopic (exact) mass is 405 g/mol. The third-order valence-electron chi connectivity index (χ3n) is 4.21. The molecule has 0 fully saturated rings. The van der Waals surface area contributed by atoms with Gasteiger partial charge < -0.3 is 10.4 Å². The molecule has 2 heterocycles. The summed E-state index contributed by atoms with van der Waals surface area (Å²) in [6.45, 7) is 0.596. The fourth-order valence-electron chi connectivity index (χ4n) is 2.80. The van der Waals surface area contributed by atoms with Crippen LogP contribution in [-0.4, -0.2) is 31.0 Å². The number of carbonyl (C=O) groups excluding carboxylic acids is 1. The zero-order chi connectivity index (χ0) is 20.2. The highest BCUT2D eigenvalue weighted by atomic mass is 35.5. The maximum atomic E-state index is 12.5. The average molecular weight is 406 g/mol. The Morgan fingerprint density at radius 2 is 1.90 bits per heavy atom. The van der Waals surface area contributed by atoms with E-state index < -0.39 is 5.91 Å². The quantitative estimate of drug-likeness (QED) is 0.523. The molecular weight excluding hydrogens is 390 g/mol. The molecule has 0 aliphatic heterocycles. The zero-order valence-corrected chi connectivity index (χ0v) is 15.9. The Morgan fingerprint density at radius 1 is 1.07 bits per heavy atom. The van der Waals surface area contributed by atoms with Gasteiger partial charge in [0.2, 0.25) is 0 Å². The molecule has 7 nitrogen and oxygen atoms in total. The van der Waals surface area contributed by atoms with Gasteiger partial charge >= 0.3 is 0 Å². The lowest BCUT2D eigenvalue weighted by Gasteiger charge is -2.08. The molecule has 0 bridgehead atoms. The van der Waals surface area contributed by atoms with E-state index in [0.717, 1.165) is 5.56 Å². The van der Waals surface area contributed by atoms with Crippen LogP contribution in [0.2, 0.25) is 5.02 Å². The second kappa shape index (κ2) is 8.12. The minimum atomic E-state index is -0.477. The van der Waals surface area contributed by atoms with Crippen LogP contribution in [0.5, 0.6) is 5.75 Å². The van der Waals surface area contributed by atoms with E-state index >= 15 is 0 Å². The number of halogens is 1. The molecule has 2 aromatic heterocycles. The molecule has 144 valence electrons. The van der Waals surface area contributed by atoms with Crippen LogP contribution in [0.25, 0.3) is 11.4 Å². The van der Waals surface area contributed by atoms with E-state index in [1.807, 2.05) is 30.3 Å². The van der Waals surface area contributed by atoms with Crippen molar-refractivity contribution in [3.63, 3.8) is 0 Å². The Balaban J connectivity index is 1.52. The number of anilines is 1. The van der Waals surface area contributed by atoms with Crippen molar-refractivity contribution in [1.29, 1.82) is 0 Å². The van der Waals surface area contributed by atoms with Crippen LogP contribution in [0.15, 0.2) is 73.1 Å². The van der Waals surface area contributed by atoms with Crippen LogP contribution in [-0.2, 0) is 6.54 Å². The van der Waals surface area contributed by atoms with E-state index in [1.165, 1.54) is 18.2 Å². The minimum Gasteiger partial charge on any atom is -0.507 e. The summed E-state index contributed by atoms with van der Waals surface area (Å²) in [4.78, 5) is 16.8. The molecule has 29 heavy (non-hydrogen) atoms. The van der Waals surface area contributed by atoms with E-state index in [-0.39, 0.29) is 11.3 Å². The summed E-state index contributed by atoms with van der Waals surface area (Å²) in [5.74, 6) is -0.625. The topological polar surface area (TPSA) is 92.9 Å². The Bertz CT molecular complexity index is 1160. The number of rotatable bonds is 5. The van der Waals surface area contributed by atoms with Crippen LogP contribution in [0.1, 0.15) is 15.9 Å². The van der Waals surface area contributed by atoms with Crippen molar-refractivity contribution < 1.29 is 9.90 Å². The predicted octanol–water partition coefficient (Wildman–Crippen LogP) is 4.00. The van der Waals surface area contributed by atoms with E-state index in [0.29, 0.717) is 28.6 Å². The molecule has 2 aromatic carbocycles. The smallest absolute Gasteiger partial charge is 0.259 e. The van der Waals surface area contributed by atoms with Crippen molar-refractivity contribution in [2.24, 2.45) is 0 Å². The summed E-state index contributed by atoms with van der Waals surface area (Å²) in [6.07, 6.45) is 3.36. The Morgan fingerprint density at radius 3 is 2.72 bits per heavy atom. The number of aromatic nitrogens is 4. The van der Waals surface area contributed by atoms with Gasteiger partial charge in [0.25, 0.3) is 5.91 Å². The first-order chi connectivity index (χ1) is 14.1. The van der Waals surface area contributed by atoms with Crippen molar-refractivity contribution >= 4 is 23.2 Å². The normalized spacial score (nSPS) is 10.7. The molecule has 0 radical (unpaired) electrons. The van der Waals surface area contributed by atoms with Gasteiger partial charge in [-0.05, 0) is 35.9 Å². The Labute approximate surface area is 171 Å². The number of nitrogens with one attached hydrogen (secondary N) is 1. The average Bonchev–Trinajstić information content (AvgIpc) is 3.19. The van der Waals surface area contributed by atoms with Crippen molar-refractivity contribution in [3.8, 4) is 17.1 Å². The number of phenolic OH excluding ortho intramolecular Hbond substituents is 1. The fourth-order valence-corrected chi connectivity index (χ4v) is 2.97. The highest BCUT2D eigenvalue weighted by Crippen LogP contribution is 2.24. The van der Waals surface area contributed by atoms with Gasteiger partial charge in [-0.25, -0.2) is 4.68 Å². The molecule has 0 spiro atoms. The van der Waals surface area contributed by atoms with E-state index in [2.05, 4.69) is 20.6 Å². The van der Waals surface area contributed by atoms with Gasteiger partial charge in [-0.2, -0.15) is 0 Å². The third kappa shape index (κ3) is 4.41. The van der Waals surface area contributed by atoms with Gasteiger partial charge in [0, 0.05) is 16.9 Å². The molecule has 0 unspecified atom stereocenters. The first kappa shape index (κ1) is 18.6. The first-order valence-corrected chi connectivity index (χ1v) is 9.16. The van der Waals surface area contributed by atoms with Crippen LogP contribution in [0.4, 0.5) is 5.69 Å². The number of benzene rings is 2. The Hall–Kier alpha value is -3.71. The molecule has 2 N–H and O–H groups in total. The van der Waals surface area contributed by atoms with E-state index in [4.69, 9.17) is 11.6 Å². The van der Waals surface area contributed by atoms with Gasteiger partial charge in [-0.1, -0.05) is 47.1 Å². The lowest BCUT2D eigenvalue weighted by Crippen LogP contribution is -2.12. The maximum absolute atomic E-state index is 12.5. The van der Waals surface area contributed by atoms with Crippen LogP contribution in [0, 0.1) is 0 Å². The number of nitrogens with zero attached hydrogens (tertiary/aromatic N) is 4. The second-order valence-corrected chi connectivity index (χ2v) is 6.77. The fraction of sp³-hybridized carbons (Fsp3) is 0.0476. The second-order valence-electron chi connectivity index (χ2n) is 6.33. The van der Waals surface area contributed by atoms with Crippen molar-refractivity contribution in [3.05, 3.63) is 89.2 Å². The Kier molecular flexibility index (Phi) is 5.22. The first-order valence-electron chi connectivity index (χ1n) is 8.79. The summed E-state index contributed by atoms with van der Waals surface area (Å²) >= 11 is 5.91.